The third-order valence-corrected chi connectivity index (χ3v) is 5.79. The Morgan fingerprint density at radius 2 is 1.58 bits per heavy atom. The minimum Gasteiger partial charge on any atom is -0.331 e. The average Bonchev–Trinajstić information content (AvgIpc) is 3.38. The van der Waals surface area contributed by atoms with Crippen molar-refractivity contribution in [3.63, 3.8) is 0 Å². The molecule has 5 heteroatoms. The lowest BCUT2D eigenvalue weighted by Crippen LogP contribution is -2.34. The summed E-state index contributed by atoms with van der Waals surface area (Å²) < 4.78 is 0. The normalized spacial score (nSPS) is 12.9. The minimum absolute atomic E-state index is 0.194. The molecule has 0 fully saturated rings. The first-order chi connectivity index (χ1) is 16.2. The van der Waals surface area contributed by atoms with Crippen molar-refractivity contribution < 1.29 is 4.79 Å². The van der Waals surface area contributed by atoms with Crippen molar-refractivity contribution in [2.45, 2.75) is 6.42 Å². The number of thiocarbonyl (C=S) groups is 1. The molecule has 0 heterocycles. The zero-order valence-corrected chi connectivity index (χ0v) is 18.6. The Kier molecular flexibility index (Phi) is 5.79. The number of hydrogen-bond donors (Lipinski definition) is 2. The number of fused-ring (bicyclic) bond motifs is 2. The molecule has 1 amide bonds. The Morgan fingerprint density at radius 3 is 2.27 bits per heavy atom. The molecule has 4 aromatic carbocycles. The molecule has 1 aliphatic rings. The monoisotopic (exact) mass is 447 g/mol. The molecular formula is C28H21N3OS. The Bertz CT molecular complexity index is 1430. The van der Waals surface area contributed by atoms with Crippen LogP contribution in [0.5, 0.6) is 0 Å². The molecular weight excluding hydrogens is 426 g/mol. The highest BCUT2D eigenvalue weighted by molar-refractivity contribution is 7.80. The van der Waals surface area contributed by atoms with Gasteiger partial charge >= 0.3 is 0 Å². The first kappa shape index (κ1) is 20.8. The zero-order chi connectivity index (χ0) is 22.6. The van der Waals surface area contributed by atoms with Gasteiger partial charge in [-0.3, -0.25) is 15.1 Å². The fourth-order valence-electron chi connectivity index (χ4n) is 3.97. The molecule has 5 rings (SSSR count). The molecule has 2 N–H and O–H groups in total. The molecule has 0 atom stereocenters. The number of rotatable bonds is 4. The Morgan fingerprint density at radius 1 is 0.909 bits per heavy atom. The molecule has 0 bridgehead atoms. The van der Waals surface area contributed by atoms with Gasteiger partial charge in [-0.2, -0.15) is 0 Å². The first-order valence-electron chi connectivity index (χ1n) is 10.7. The summed E-state index contributed by atoms with van der Waals surface area (Å²) in [4.78, 5) is 17.1. The van der Waals surface area contributed by atoms with Gasteiger partial charge in [0, 0.05) is 17.4 Å². The van der Waals surface area contributed by atoms with Gasteiger partial charge in [0.2, 0.25) is 0 Å². The van der Waals surface area contributed by atoms with Gasteiger partial charge in [-0.1, -0.05) is 78.9 Å². The minimum atomic E-state index is -0.194. The number of para-hydroxylation sites is 2. The highest BCUT2D eigenvalue weighted by atomic mass is 32.1. The van der Waals surface area contributed by atoms with Gasteiger partial charge in [-0.05, 0) is 58.4 Å². The van der Waals surface area contributed by atoms with Gasteiger partial charge in [-0.15, -0.1) is 0 Å². The molecule has 4 nitrogen and oxygen atoms in total. The van der Waals surface area contributed by atoms with Crippen LogP contribution < -0.4 is 10.6 Å². The number of aliphatic imine (C=N–C) groups is 1. The van der Waals surface area contributed by atoms with Crippen molar-refractivity contribution >= 4 is 62.4 Å². The van der Waals surface area contributed by atoms with Crippen LogP contribution in [0.4, 0.5) is 11.4 Å². The van der Waals surface area contributed by atoms with Gasteiger partial charge in [0.05, 0.1) is 11.4 Å². The van der Waals surface area contributed by atoms with E-state index in [-0.39, 0.29) is 11.0 Å². The van der Waals surface area contributed by atoms with E-state index in [1.54, 1.807) is 6.08 Å². The predicted octanol–water partition coefficient (Wildman–Crippen LogP) is 6.44. The number of amides is 1. The van der Waals surface area contributed by atoms with Crippen molar-refractivity contribution in [3.8, 4) is 0 Å². The van der Waals surface area contributed by atoms with E-state index in [1.165, 1.54) is 10.8 Å². The third-order valence-electron chi connectivity index (χ3n) is 5.59. The topological polar surface area (TPSA) is 53.5 Å². The fraction of sp³-hybridized carbons (Fsp3) is 0.0357. The molecule has 4 aromatic rings. The second-order valence-electron chi connectivity index (χ2n) is 7.74. The molecule has 0 saturated heterocycles. The summed E-state index contributed by atoms with van der Waals surface area (Å²) in [5.74, 6) is -0.194. The Hall–Kier alpha value is -4.09. The van der Waals surface area contributed by atoms with Crippen LogP contribution in [0.3, 0.4) is 0 Å². The number of carbonyl (C=O) groups excluding carboxylic acids is 1. The van der Waals surface area contributed by atoms with E-state index >= 15 is 0 Å². The number of hydrogen-bond acceptors (Lipinski definition) is 3. The maximum Gasteiger partial charge on any atom is 0.253 e. The van der Waals surface area contributed by atoms with Crippen LogP contribution in [0.1, 0.15) is 12.0 Å². The Labute approximate surface area is 197 Å². The van der Waals surface area contributed by atoms with E-state index in [1.807, 2.05) is 66.9 Å². The lowest BCUT2D eigenvalue weighted by molar-refractivity contribution is -0.116. The average molecular weight is 448 g/mol. The summed E-state index contributed by atoms with van der Waals surface area (Å²) in [7, 11) is 0. The molecule has 33 heavy (non-hydrogen) atoms. The molecule has 0 saturated carbocycles. The fourth-order valence-corrected chi connectivity index (χ4v) is 4.17. The second-order valence-corrected chi connectivity index (χ2v) is 8.15. The number of anilines is 1. The van der Waals surface area contributed by atoms with Crippen molar-refractivity contribution in [1.29, 1.82) is 0 Å². The van der Waals surface area contributed by atoms with E-state index in [4.69, 9.17) is 17.2 Å². The van der Waals surface area contributed by atoms with Crippen LogP contribution in [-0.2, 0) is 4.79 Å². The van der Waals surface area contributed by atoms with Gasteiger partial charge in [0.1, 0.15) is 0 Å². The van der Waals surface area contributed by atoms with E-state index in [0.717, 1.165) is 27.7 Å². The summed E-state index contributed by atoms with van der Waals surface area (Å²) in [6, 6.07) is 26.5. The standard InChI is InChI=1S/C28H21N3OS/c32-27(19-9-1-2-10-19)31-28(33)30-26-16-8-7-15-25(26)29-18-24-22-13-5-3-11-20(22)17-21-12-4-6-14-23(21)24/h1-9,11-18H,10H2,(H2,30,31,32,33). The lowest BCUT2D eigenvalue weighted by Gasteiger charge is -2.12. The Balaban J connectivity index is 1.45. The van der Waals surface area contributed by atoms with Crippen LogP contribution in [-0.4, -0.2) is 17.2 Å². The van der Waals surface area contributed by atoms with E-state index < -0.39 is 0 Å². The molecule has 160 valence electrons. The van der Waals surface area contributed by atoms with E-state index in [0.29, 0.717) is 12.0 Å². The summed E-state index contributed by atoms with van der Waals surface area (Å²) in [5.41, 5.74) is 3.21. The number of benzene rings is 4. The van der Waals surface area contributed by atoms with Crippen LogP contribution in [0.2, 0.25) is 0 Å². The number of allylic oxidation sites excluding steroid dienone is 3. The second kappa shape index (κ2) is 9.18. The van der Waals surface area contributed by atoms with Gasteiger partial charge in [0.25, 0.3) is 5.91 Å². The number of nitrogens with one attached hydrogen (secondary N) is 2. The van der Waals surface area contributed by atoms with E-state index in [2.05, 4.69) is 41.0 Å². The lowest BCUT2D eigenvalue weighted by atomic mass is 9.97. The summed E-state index contributed by atoms with van der Waals surface area (Å²) >= 11 is 5.37. The van der Waals surface area contributed by atoms with Crippen molar-refractivity contribution in [1.82, 2.24) is 5.32 Å². The smallest absolute Gasteiger partial charge is 0.253 e. The molecule has 0 aliphatic heterocycles. The van der Waals surface area contributed by atoms with Crippen molar-refractivity contribution in [2.75, 3.05) is 5.32 Å². The largest absolute Gasteiger partial charge is 0.331 e. The van der Waals surface area contributed by atoms with Crippen LogP contribution >= 0.6 is 12.2 Å². The number of nitrogens with zero attached hydrogens (tertiary/aromatic N) is 1. The van der Waals surface area contributed by atoms with Gasteiger partial charge in [0.15, 0.2) is 5.11 Å². The third kappa shape index (κ3) is 4.45. The quantitative estimate of drug-likeness (QED) is 0.215. The first-order valence-corrected chi connectivity index (χ1v) is 11.1. The highest BCUT2D eigenvalue weighted by Gasteiger charge is 2.12. The molecule has 0 spiro atoms. The summed E-state index contributed by atoms with van der Waals surface area (Å²) in [6.07, 6.45) is 8.12. The summed E-state index contributed by atoms with van der Waals surface area (Å²) in [5, 5.41) is 10.7. The predicted molar refractivity (Wildman–Crippen MR) is 141 cm³/mol. The van der Waals surface area contributed by atoms with Crippen LogP contribution in [0.25, 0.3) is 21.5 Å². The van der Waals surface area contributed by atoms with Gasteiger partial charge in [-0.25, -0.2) is 0 Å². The molecule has 1 aliphatic carbocycles. The van der Waals surface area contributed by atoms with E-state index in [9.17, 15) is 4.79 Å². The summed E-state index contributed by atoms with van der Waals surface area (Å²) in [6.45, 7) is 0. The van der Waals surface area contributed by atoms with Crippen molar-refractivity contribution in [3.05, 3.63) is 108 Å². The van der Waals surface area contributed by atoms with Crippen molar-refractivity contribution in [2.24, 2.45) is 4.99 Å². The molecule has 0 aromatic heterocycles. The molecule has 0 unspecified atom stereocenters. The maximum absolute atomic E-state index is 12.3. The highest BCUT2D eigenvalue weighted by Crippen LogP contribution is 2.29. The number of carbonyl (C=O) groups is 1. The van der Waals surface area contributed by atoms with Crippen LogP contribution in [0.15, 0.2) is 108 Å². The SMILES string of the molecule is O=C(NC(=S)Nc1ccccc1N=Cc1c2ccccc2cc2ccccc12)C1=CC=CC1. The van der Waals surface area contributed by atoms with Gasteiger partial charge < -0.3 is 5.32 Å². The molecule has 0 radical (unpaired) electrons. The maximum atomic E-state index is 12.3. The zero-order valence-electron chi connectivity index (χ0n) is 17.8. The van der Waals surface area contributed by atoms with Crippen LogP contribution in [0, 0.1) is 0 Å².